The summed E-state index contributed by atoms with van der Waals surface area (Å²) in [6.45, 7) is 0. The average Bonchev–Trinajstić information content (AvgIpc) is 3.74. The van der Waals surface area contributed by atoms with Gasteiger partial charge in [-0.05, 0) is 54.6 Å². The van der Waals surface area contributed by atoms with Crippen LogP contribution in [0, 0.1) is 0 Å². The monoisotopic (exact) mass is 584 g/mol. The largest absolute Gasteiger partial charge is 0.385 e. The summed E-state index contributed by atoms with van der Waals surface area (Å²) in [5, 5.41) is 7.55. The first-order valence-corrected chi connectivity index (χ1v) is 15.8. The summed E-state index contributed by atoms with van der Waals surface area (Å²) in [5.74, 6) is 0. The van der Waals surface area contributed by atoms with Crippen molar-refractivity contribution in [2.24, 2.45) is 0 Å². The molecule has 1 radical (unpaired) electrons. The molecule has 46 heavy (non-hydrogen) atoms. The third-order valence-electron chi connectivity index (χ3n) is 9.50. The maximum absolute atomic E-state index is 2.42. The fraction of sp³-hybridized carbons (Fsp3) is 0. The minimum absolute atomic E-state index is 1.13. The van der Waals surface area contributed by atoms with Gasteiger partial charge >= 0.3 is 0 Å². The molecule has 0 spiro atoms. The quantitative estimate of drug-likeness (QED) is 0.183. The zero-order chi connectivity index (χ0) is 30.2. The molecule has 0 atom stereocenters. The first kappa shape index (κ1) is 25.3. The first-order chi connectivity index (χ1) is 22.8. The summed E-state index contributed by atoms with van der Waals surface area (Å²) in [5.41, 5.74) is 10.6. The van der Waals surface area contributed by atoms with Gasteiger partial charge in [0.25, 0.3) is 7.41 Å². The first-order valence-electron chi connectivity index (χ1n) is 15.8. The molecule has 7 aromatic carbocycles. The van der Waals surface area contributed by atoms with Gasteiger partial charge in [0.05, 0.1) is 22.1 Å². The van der Waals surface area contributed by atoms with Crippen LogP contribution in [0.2, 0.25) is 0 Å². The van der Waals surface area contributed by atoms with Crippen molar-refractivity contribution in [2.45, 2.75) is 0 Å². The summed E-state index contributed by atoms with van der Waals surface area (Å²) in [6, 6.07) is 59.4. The van der Waals surface area contributed by atoms with Crippen LogP contribution in [-0.4, -0.2) is 21.0 Å². The summed E-state index contributed by atoms with van der Waals surface area (Å²) >= 11 is 0. The lowest BCUT2D eigenvalue weighted by molar-refractivity contribution is 1.14. The number of nitrogens with zero attached hydrogens (tertiary/aromatic N) is 3. The second-order valence-electron chi connectivity index (χ2n) is 12.1. The van der Waals surface area contributed by atoms with Gasteiger partial charge in [-0.2, -0.15) is 0 Å². The van der Waals surface area contributed by atoms with Gasteiger partial charge in [0.15, 0.2) is 0 Å². The Morgan fingerprint density at radius 2 is 0.587 bits per heavy atom. The number of aromatic nitrogens is 3. The highest BCUT2D eigenvalue weighted by atomic mass is 15.0. The van der Waals surface area contributed by atoms with Crippen molar-refractivity contribution in [3.8, 4) is 11.4 Å². The number of hydrogen-bond donors (Lipinski definition) is 0. The van der Waals surface area contributed by atoms with Gasteiger partial charge in [-0.25, -0.2) is 0 Å². The van der Waals surface area contributed by atoms with Crippen LogP contribution in [0.4, 0.5) is 0 Å². The third-order valence-corrected chi connectivity index (χ3v) is 9.50. The molecule has 0 saturated carbocycles. The van der Waals surface area contributed by atoms with Gasteiger partial charge in [0.2, 0.25) is 0 Å². The van der Waals surface area contributed by atoms with Crippen molar-refractivity contribution in [3.63, 3.8) is 0 Å². The highest BCUT2D eigenvalue weighted by Crippen LogP contribution is 2.35. The lowest BCUT2D eigenvalue weighted by Gasteiger charge is -2.16. The maximum atomic E-state index is 2.42. The van der Waals surface area contributed by atoms with Crippen LogP contribution in [0.15, 0.2) is 164 Å². The zero-order valence-electron chi connectivity index (χ0n) is 25.0. The number of rotatable bonds is 4. The van der Waals surface area contributed by atoms with Crippen molar-refractivity contribution in [1.29, 1.82) is 0 Å². The fourth-order valence-electron chi connectivity index (χ4n) is 7.59. The molecule has 10 rings (SSSR count). The third kappa shape index (κ3) is 3.61. The van der Waals surface area contributed by atoms with E-state index in [0.717, 1.165) is 16.8 Å². The number of hydrogen-bond acceptors (Lipinski definition) is 0. The number of para-hydroxylation sites is 6. The van der Waals surface area contributed by atoms with E-state index in [1.54, 1.807) is 0 Å². The van der Waals surface area contributed by atoms with Crippen molar-refractivity contribution in [1.82, 2.24) is 13.6 Å². The second-order valence-corrected chi connectivity index (χ2v) is 12.1. The lowest BCUT2D eigenvalue weighted by Crippen LogP contribution is -2.23. The van der Waals surface area contributed by atoms with E-state index in [1.807, 2.05) is 0 Å². The molecule has 213 valence electrons. The number of fused-ring (bicyclic) bond motifs is 9. The van der Waals surface area contributed by atoms with Crippen LogP contribution in [0.25, 0.3) is 76.8 Å². The topological polar surface area (TPSA) is 14.8 Å². The standard InChI is InChI=1S/C42H27BN3/c1-7-19-37-31(13-1)32-14-2-8-20-38(32)44(37)29-25-28(43-46-41-23-11-5-17-35(41)36-18-6-12-24-42(36)46)26-30(27-29)45-39-21-9-3-15-33(39)34-16-4-10-22-40(34)45/h1-27H. The Hall–Kier alpha value is -6.00. The van der Waals surface area contributed by atoms with E-state index in [1.165, 1.54) is 65.4 Å². The molecule has 10 aromatic rings. The Labute approximate surface area is 266 Å². The highest BCUT2D eigenvalue weighted by Gasteiger charge is 2.18. The van der Waals surface area contributed by atoms with Crippen LogP contribution in [0.3, 0.4) is 0 Å². The zero-order valence-corrected chi connectivity index (χ0v) is 25.0. The van der Waals surface area contributed by atoms with Gasteiger partial charge in [0.1, 0.15) is 0 Å². The van der Waals surface area contributed by atoms with Crippen LogP contribution in [0.5, 0.6) is 0 Å². The van der Waals surface area contributed by atoms with Gasteiger partial charge in [0, 0.05) is 54.7 Å². The molecule has 3 aromatic heterocycles. The molecule has 0 saturated heterocycles. The second kappa shape index (κ2) is 9.75. The van der Waals surface area contributed by atoms with Gasteiger partial charge in [-0.1, -0.05) is 115 Å². The van der Waals surface area contributed by atoms with Crippen molar-refractivity contribution < 1.29 is 0 Å². The Bertz CT molecular complexity index is 2500. The summed E-state index contributed by atoms with van der Waals surface area (Å²) in [6.07, 6.45) is 0. The molecule has 0 aliphatic carbocycles. The van der Waals surface area contributed by atoms with Gasteiger partial charge in [-0.3, -0.25) is 0 Å². The predicted octanol–water partition coefficient (Wildman–Crippen LogP) is 9.78. The van der Waals surface area contributed by atoms with Crippen LogP contribution in [0.1, 0.15) is 0 Å². The average molecular weight is 585 g/mol. The molecule has 0 bridgehead atoms. The summed E-state index contributed by atoms with van der Waals surface area (Å²) in [7, 11) is 2.30. The summed E-state index contributed by atoms with van der Waals surface area (Å²) < 4.78 is 7.20. The van der Waals surface area contributed by atoms with E-state index < -0.39 is 0 Å². The molecule has 3 nitrogen and oxygen atoms in total. The van der Waals surface area contributed by atoms with Crippen LogP contribution < -0.4 is 5.46 Å². The molecule has 4 heteroatoms. The number of benzene rings is 7. The van der Waals surface area contributed by atoms with Crippen LogP contribution in [-0.2, 0) is 0 Å². The molecular weight excluding hydrogens is 557 g/mol. The lowest BCUT2D eigenvalue weighted by atomic mass is 9.81. The van der Waals surface area contributed by atoms with E-state index in [0.29, 0.717) is 0 Å². The molecular formula is C42H27BN3. The van der Waals surface area contributed by atoms with E-state index >= 15 is 0 Å². The van der Waals surface area contributed by atoms with Crippen molar-refractivity contribution >= 4 is 78.3 Å². The van der Waals surface area contributed by atoms with Gasteiger partial charge in [-0.15, -0.1) is 0 Å². The van der Waals surface area contributed by atoms with Crippen molar-refractivity contribution in [2.75, 3.05) is 0 Å². The van der Waals surface area contributed by atoms with Crippen LogP contribution >= 0.6 is 0 Å². The highest BCUT2D eigenvalue weighted by molar-refractivity contribution is 6.55. The Balaban J connectivity index is 1.30. The molecule has 0 amide bonds. The van der Waals surface area contributed by atoms with Crippen molar-refractivity contribution in [3.05, 3.63) is 164 Å². The summed E-state index contributed by atoms with van der Waals surface area (Å²) in [4.78, 5) is 0. The van der Waals surface area contributed by atoms with E-state index in [4.69, 9.17) is 0 Å². The maximum Gasteiger partial charge on any atom is 0.291 e. The molecule has 0 N–H and O–H groups in total. The van der Waals surface area contributed by atoms with E-state index in [-0.39, 0.29) is 0 Å². The predicted molar refractivity (Wildman–Crippen MR) is 195 cm³/mol. The van der Waals surface area contributed by atoms with E-state index in [2.05, 4.69) is 185 Å². The minimum atomic E-state index is 1.13. The molecule has 0 unspecified atom stereocenters. The minimum Gasteiger partial charge on any atom is -0.385 e. The normalized spacial score (nSPS) is 11.9. The Kier molecular flexibility index (Phi) is 5.37. The molecule has 0 fully saturated rings. The fourth-order valence-corrected chi connectivity index (χ4v) is 7.59. The Morgan fingerprint density at radius 1 is 0.304 bits per heavy atom. The molecule has 0 aliphatic rings. The SMILES string of the molecule is [B](c1cc(-n2c3ccccc3c3ccccc32)cc(-n2c3ccccc3c3ccccc32)c1)n1c2ccccc2c2ccccc21. The molecule has 3 heterocycles. The Morgan fingerprint density at radius 3 is 0.935 bits per heavy atom. The van der Waals surface area contributed by atoms with E-state index in [9.17, 15) is 0 Å². The van der Waals surface area contributed by atoms with Gasteiger partial charge < -0.3 is 13.6 Å². The molecule has 0 aliphatic heterocycles. The smallest absolute Gasteiger partial charge is 0.291 e.